The van der Waals surface area contributed by atoms with Gasteiger partial charge in [0.15, 0.2) is 6.79 Å². The van der Waals surface area contributed by atoms with Gasteiger partial charge in [-0.05, 0) is 6.92 Å². The summed E-state index contributed by atoms with van der Waals surface area (Å²) in [5.41, 5.74) is 0. The smallest absolute Gasteiger partial charge is 0.476 e. The molecule has 74 valence electrons. The highest BCUT2D eigenvalue weighted by molar-refractivity contribution is 6.43. The van der Waals surface area contributed by atoms with Gasteiger partial charge in [0.1, 0.15) is 0 Å². The molecule has 0 saturated carbocycles. The molecule has 0 unspecified atom stereocenters. The molecule has 0 spiro atoms. The Morgan fingerprint density at radius 2 is 1.92 bits per heavy atom. The number of hydrogen-bond acceptors (Lipinski definition) is 7. The van der Waals surface area contributed by atoms with Crippen molar-refractivity contribution in [3.05, 3.63) is 0 Å². The molecule has 0 aliphatic rings. The predicted molar refractivity (Wildman–Crippen MR) is 38.9 cm³/mol. The number of carbonyl (C=O) groups excluding carboxylic acids is 2. The van der Waals surface area contributed by atoms with Gasteiger partial charge in [-0.15, -0.1) is 0 Å². The van der Waals surface area contributed by atoms with Gasteiger partial charge in [0.05, 0.1) is 0 Å². The fraction of sp³-hybridized carbons (Fsp3) is 0.600. The maximum Gasteiger partial charge on any atom is 0.709 e. The second-order valence-corrected chi connectivity index (χ2v) is 1.77. The average molecular weight is 192 g/mol. The first-order chi connectivity index (χ1) is 6.07. The molecule has 0 radical (unpaired) electrons. The monoisotopic (exact) mass is 192 g/mol. The Bertz CT molecular complexity index is 180. The quantitative estimate of drug-likeness (QED) is 0.175. The third-order valence-corrected chi connectivity index (χ3v) is 0.857. The van der Waals surface area contributed by atoms with E-state index in [-0.39, 0.29) is 6.79 Å². The summed E-state index contributed by atoms with van der Waals surface area (Å²) in [6, 6.07) is 0. The molecule has 0 aromatic heterocycles. The minimum absolute atomic E-state index is 0.324. The molecule has 13 heavy (non-hydrogen) atoms. The van der Waals surface area contributed by atoms with Crippen LogP contribution in [0.25, 0.3) is 0 Å². The molecule has 0 fully saturated rings. The van der Waals surface area contributed by atoms with Crippen molar-refractivity contribution in [2.75, 3.05) is 13.4 Å². The Hall–Kier alpha value is -1.12. The lowest BCUT2D eigenvalue weighted by molar-refractivity contribution is -0.171. The zero-order valence-electron chi connectivity index (χ0n) is 6.93. The molecule has 7 nitrogen and oxygen atoms in total. The van der Waals surface area contributed by atoms with Crippen molar-refractivity contribution in [1.82, 2.24) is 0 Å². The first kappa shape index (κ1) is 11.9. The number of carbonyl (C=O) groups is 2. The topological polar surface area (TPSA) is 102 Å². The van der Waals surface area contributed by atoms with Gasteiger partial charge in [0.2, 0.25) is 0 Å². The summed E-state index contributed by atoms with van der Waals surface area (Å²) in [5.74, 6) is -2.84. The molecular weight excluding hydrogens is 183 g/mol. The normalized spacial score (nSPS) is 9.15. The van der Waals surface area contributed by atoms with Gasteiger partial charge in [0, 0.05) is 6.61 Å². The van der Waals surface area contributed by atoms with Gasteiger partial charge in [-0.2, -0.15) is 0 Å². The van der Waals surface area contributed by atoms with E-state index in [1.165, 1.54) is 0 Å². The first-order valence-electron chi connectivity index (χ1n) is 3.39. The molecule has 0 heterocycles. The van der Waals surface area contributed by atoms with Crippen LogP contribution in [0.2, 0.25) is 0 Å². The SMILES string of the molecule is CCOCOC(=O)C(=O)OB(O)O. The van der Waals surface area contributed by atoms with Crippen LogP contribution < -0.4 is 0 Å². The summed E-state index contributed by atoms with van der Waals surface area (Å²) >= 11 is 0. The minimum Gasteiger partial charge on any atom is -0.476 e. The van der Waals surface area contributed by atoms with Crippen LogP contribution in [-0.2, 0) is 23.7 Å². The van der Waals surface area contributed by atoms with Crippen LogP contribution in [0.5, 0.6) is 0 Å². The van der Waals surface area contributed by atoms with Crippen LogP contribution in [0.15, 0.2) is 0 Å². The number of esters is 1. The van der Waals surface area contributed by atoms with Crippen LogP contribution in [-0.4, -0.2) is 42.7 Å². The van der Waals surface area contributed by atoms with Crippen molar-refractivity contribution in [3.8, 4) is 0 Å². The molecule has 2 N–H and O–H groups in total. The van der Waals surface area contributed by atoms with Crippen molar-refractivity contribution in [3.63, 3.8) is 0 Å². The van der Waals surface area contributed by atoms with E-state index in [0.29, 0.717) is 6.61 Å². The van der Waals surface area contributed by atoms with E-state index in [9.17, 15) is 9.59 Å². The van der Waals surface area contributed by atoms with E-state index in [0.717, 1.165) is 0 Å². The molecule has 0 amide bonds. The van der Waals surface area contributed by atoms with Crippen LogP contribution in [0.4, 0.5) is 0 Å². The van der Waals surface area contributed by atoms with Gasteiger partial charge in [-0.3, -0.25) is 0 Å². The predicted octanol–water partition coefficient (Wildman–Crippen LogP) is -1.96. The third kappa shape index (κ3) is 6.08. The summed E-state index contributed by atoms with van der Waals surface area (Å²) in [6.07, 6.45) is 0. The van der Waals surface area contributed by atoms with E-state index >= 15 is 0 Å². The van der Waals surface area contributed by atoms with E-state index < -0.39 is 19.3 Å². The first-order valence-corrected chi connectivity index (χ1v) is 3.39. The van der Waals surface area contributed by atoms with Crippen molar-refractivity contribution in [1.29, 1.82) is 0 Å². The Labute approximate surface area is 74.4 Å². The van der Waals surface area contributed by atoms with Gasteiger partial charge >= 0.3 is 19.3 Å². The van der Waals surface area contributed by atoms with Gasteiger partial charge in [0.25, 0.3) is 0 Å². The summed E-state index contributed by atoms with van der Waals surface area (Å²) in [7, 11) is -2.33. The van der Waals surface area contributed by atoms with Crippen molar-refractivity contribution < 1.29 is 33.8 Å². The lowest BCUT2D eigenvalue weighted by atomic mass is 10.3. The van der Waals surface area contributed by atoms with E-state index in [1.54, 1.807) is 6.92 Å². The summed E-state index contributed by atoms with van der Waals surface area (Å²) in [5, 5.41) is 16.2. The maximum atomic E-state index is 10.6. The molecule has 0 bridgehead atoms. The molecule has 0 atom stereocenters. The fourth-order valence-corrected chi connectivity index (χ4v) is 0.381. The standard InChI is InChI=1S/C5H9BO7/c1-2-11-3-12-4(7)5(8)13-6(9)10/h9-10H,2-3H2,1H3. The second kappa shape index (κ2) is 6.41. The van der Waals surface area contributed by atoms with Crippen molar-refractivity contribution in [2.24, 2.45) is 0 Å². The Morgan fingerprint density at radius 3 is 2.38 bits per heavy atom. The van der Waals surface area contributed by atoms with Gasteiger partial charge in [-0.25, -0.2) is 9.59 Å². The summed E-state index contributed by atoms with van der Waals surface area (Å²) in [4.78, 5) is 21.0. The van der Waals surface area contributed by atoms with Crippen LogP contribution in [0.1, 0.15) is 6.92 Å². The Morgan fingerprint density at radius 1 is 1.31 bits per heavy atom. The van der Waals surface area contributed by atoms with Gasteiger partial charge < -0.3 is 24.2 Å². The summed E-state index contributed by atoms with van der Waals surface area (Å²) in [6.45, 7) is 1.61. The van der Waals surface area contributed by atoms with E-state index in [2.05, 4.69) is 14.1 Å². The fourth-order valence-electron chi connectivity index (χ4n) is 0.381. The molecule has 0 saturated heterocycles. The van der Waals surface area contributed by atoms with Crippen LogP contribution in [0, 0.1) is 0 Å². The van der Waals surface area contributed by atoms with Gasteiger partial charge in [-0.1, -0.05) is 0 Å². The highest BCUT2D eigenvalue weighted by Gasteiger charge is 2.23. The average Bonchev–Trinajstić information content (AvgIpc) is 2.03. The van der Waals surface area contributed by atoms with Crippen molar-refractivity contribution in [2.45, 2.75) is 6.92 Å². The molecule has 0 aliphatic carbocycles. The lowest BCUT2D eigenvalue weighted by Crippen LogP contribution is -2.29. The second-order valence-electron chi connectivity index (χ2n) is 1.77. The van der Waals surface area contributed by atoms with Crippen molar-refractivity contribution >= 4 is 19.3 Å². The zero-order valence-corrected chi connectivity index (χ0v) is 6.93. The zero-order chi connectivity index (χ0) is 10.3. The summed E-state index contributed by atoms with van der Waals surface area (Å²) < 4.78 is 12.5. The molecule has 0 aromatic rings. The maximum absolute atomic E-state index is 10.6. The lowest BCUT2D eigenvalue weighted by Gasteiger charge is -2.03. The van der Waals surface area contributed by atoms with E-state index in [4.69, 9.17) is 10.0 Å². The molecule has 0 aliphatic heterocycles. The van der Waals surface area contributed by atoms with Crippen LogP contribution >= 0.6 is 0 Å². The Balaban J connectivity index is 3.64. The molecular formula is C5H9BO7. The Kier molecular flexibility index (Phi) is 5.86. The highest BCUT2D eigenvalue weighted by atomic mass is 16.7. The third-order valence-electron chi connectivity index (χ3n) is 0.857. The number of ether oxygens (including phenoxy) is 2. The van der Waals surface area contributed by atoms with Crippen LogP contribution in [0.3, 0.4) is 0 Å². The number of hydrogen-bond donors (Lipinski definition) is 2. The minimum atomic E-state index is -2.33. The largest absolute Gasteiger partial charge is 0.709 e. The molecule has 0 aromatic carbocycles. The molecule has 8 heteroatoms. The molecule has 0 rings (SSSR count). The highest BCUT2D eigenvalue weighted by Crippen LogP contribution is 1.86. The number of rotatable bonds is 4. The van der Waals surface area contributed by atoms with E-state index in [1.807, 2.05) is 0 Å².